The second-order valence-electron chi connectivity index (χ2n) is 6.50. The lowest BCUT2D eigenvalue weighted by atomic mass is 9.96. The lowest BCUT2D eigenvalue weighted by Gasteiger charge is -2.31. The van der Waals surface area contributed by atoms with Crippen LogP contribution in [0.3, 0.4) is 0 Å². The van der Waals surface area contributed by atoms with Gasteiger partial charge in [-0.05, 0) is 44.0 Å². The molecule has 0 radical (unpaired) electrons. The molecular formula is C18H22BrN2O4+. The number of imide groups is 1. The minimum Gasteiger partial charge on any atom is -0.466 e. The van der Waals surface area contributed by atoms with Crippen molar-refractivity contribution < 1.29 is 24.0 Å². The molecule has 0 aromatic heterocycles. The number of amides is 2. The van der Waals surface area contributed by atoms with E-state index in [9.17, 15) is 14.4 Å². The fraction of sp³-hybridized carbons (Fsp3) is 0.500. The zero-order valence-electron chi connectivity index (χ0n) is 14.2. The van der Waals surface area contributed by atoms with Gasteiger partial charge < -0.3 is 9.64 Å². The average molecular weight is 410 g/mol. The molecule has 6 nitrogen and oxygen atoms in total. The van der Waals surface area contributed by atoms with Gasteiger partial charge in [-0.15, -0.1) is 0 Å². The third-order valence-electron chi connectivity index (χ3n) is 4.90. The second kappa shape index (κ2) is 7.66. The van der Waals surface area contributed by atoms with Crippen molar-refractivity contribution in [2.24, 2.45) is 5.92 Å². The molecule has 25 heavy (non-hydrogen) atoms. The molecule has 2 fully saturated rings. The van der Waals surface area contributed by atoms with Gasteiger partial charge in [0.1, 0.15) is 5.92 Å². The fourth-order valence-electron chi connectivity index (χ4n) is 3.69. The summed E-state index contributed by atoms with van der Waals surface area (Å²) >= 11 is 3.36. The van der Waals surface area contributed by atoms with E-state index >= 15 is 0 Å². The van der Waals surface area contributed by atoms with Gasteiger partial charge in [-0.3, -0.25) is 14.4 Å². The third kappa shape index (κ3) is 3.77. The van der Waals surface area contributed by atoms with Crippen molar-refractivity contribution in [3.63, 3.8) is 0 Å². The Bertz CT molecular complexity index is 676. The first kappa shape index (κ1) is 18.1. The first-order valence-corrected chi connectivity index (χ1v) is 9.44. The minimum atomic E-state index is -0.409. The van der Waals surface area contributed by atoms with Crippen LogP contribution in [0.4, 0.5) is 5.69 Å². The van der Waals surface area contributed by atoms with Gasteiger partial charge in [0.25, 0.3) is 5.91 Å². The largest absolute Gasteiger partial charge is 0.466 e. The molecular weight excluding hydrogens is 388 g/mol. The van der Waals surface area contributed by atoms with Crippen LogP contribution < -0.4 is 9.80 Å². The van der Waals surface area contributed by atoms with Crippen LogP contribution in [0.25, 0.3) is 0 Å². The smallest absolute Gasteiger partial charge is 0.314 e. The molecule has 1 aromatic rings. The van der Waals surface area contributed by atoms with Crippen LogP contribution in [0.1, 0.15) is 26.2 Å². The van der Waals surface area contributed by atoms with Gasteiger partial charge in [0.15, 0.2) is 6.04 Å². The molecule has 0 spiro atoms. The molecule has 0 saturated carbocycles. The number of carbonyl (C=O) groups excluding carboxylic acids is 3. The summed E-state index contributed by atoms with van der Waals surface area (Å²) in [7, 11) is 0. The summed E-state index contributed by atoms with van der Waals surface area (Å²) in [6.07, 6.45) is 1.84. The summed E-state index contributed by atoms with van der Waals surface area (Å²) in [6.45, 7) is 3.51. The number of hydrogen-bond acceptors (Lipinski definition) is 4. The zero-order chi connectivity index (χ0) is 18.0. The molecule has 134 valence electrons. The first-order chi connectivity index (χ1) is 12.0. The fourth-order valence-corrected chi connectivity index (χ4v) is 3.95. The Balaban J connectivity index is 1.73. The van der Waals surface area contributed by atoms with Crippen LogP contribution in [0.5, 0.6) is 0 Å². The number of ether oxygens (including phenoxy) is 1. The number of hydrogen-bond donors (Lipinski definition) is 1. The van der Waals surface area contributed by atoms with E-state index in [1.165, 1.54) is 4.90 Å². The molecule has 1 aromatic carbocycles. The Morgan fingerprint density at radius 3 is 2.72 bits per heavy atom. The highest BCUT2D eigenvalue weighted by Crippen LogP contribution is 2.24. The average Bonchev–Trinajstić information content (AvgIpc) is 2.91. The number of esters is 1. The highest BCUT2D eigenvalue weighted by atomic mass is 79.9. The summed E-state index contributed by atoms with van der Waals surface area (Å²) in [6, 6.07) is 6.74. The molecule has 2 amide bonds. The van der Waals surface area contributed by atoms with Gasteiger partial charge >= 0.3 is 5.97 Å². The van der Waals surface area contributed by atoms with E-state index in [1.807, 2.05) is 12.1 Å². The van der Waals surface area contributed by atoms with Crippen molar-refractivity contribution in [3.8, 4) is 0 Å². The van der Waals surface area contributed by atoms with Gasteiger partial charge in [0.2, 0.25) is 5.91 Å². The Hall–Kier alpha value is -1.73. The van der Waals surface area contributed by atoms with Gasteiger partial charge in [0.05, 0.1) is 31.8 Å². The first-order valence-electron chi connectivity index (χ1n) is 8.64. The van der Waals surface area contributed by atoms with Crippen LogP contribution in [-0.4, -0.2) is 43.5 Å². The van der Waals surface area contributed by atoms with E-state index in [0.29, 0.717) is 18.8 Å². The van der Waals surface area contributed by atoms with Crippen molar-refractivity contribution in [1.82, 2.24) is 0 Å². The van der Waals surface area contributed by atoms with E-state index in [4.69, 9.17) is 4.74 Å². The number of piperidine rings is 1. The zero-order valence-corrected chi connectivity index (χ0v) is 15.8. The molecule has 1 unspecified atom stereocenters. The summed E-state index contributed by atoms with van der Waals surface area (Å²) in [5.41, 5.74) is 0.596. The Kier molecular flexibility index (Phi) is 5.54. The molecule has 2 aliphatic heterocycles. The number of likely N-dealkylation sites (tertiary alicyclic amines) is 1. The number of anilines is 1. The van der Waals surface area contributed by atoms with Crippen molar-refractivity contribution in [2.45, 2.75) is 32.2 Å². The SMILES string of the molecule is CCOC(=O)[C@@H]1CCC[NH+]([C@@H]2CC(=O)N(c3ccc(Br)cc3)C2=O)C1. The monoisotopic (exact) mass is 409 g/mol. The quantitative estimate of drug-likeness (QED) is 0.593. The Labute approximate surface area is 155 Å². The highest BCUT2D eigenvalue weighted by Gasteiger charge is 2.47. The Morgan fingerprint density at radius 1 is 1.32 bits per heavy atom. The van der Waals surface area contributed by atoms with Gasteiger partial charge in [0, 0.05) is 4.47 Å². The summed E-state index contributed by atoms with van der Waals surface area (Å²) in [5, 5.41) is 0. The van der Waals surface area contributed by atoms with E-state index in [0.717, 1.165) is 28.8 Å². The van der Waals surface area contributed by atoms with Crippen LogP contribution in [0, 0.1) is 5.92 Å². The van der Waals surface area contributed by atoms with E-state index < -0.39 is 6.04 Å². The van der Waals surface area contributed by atoms with E-state index in [-0.39, 0.29) is 30.1 Å². The molecule has 1 N–H and O–H groups in total. The van der Waals surface area contributed by atoms with E-state index in [1.54, 1.807) is 19.1 Å². The predicted octanol–water partition coefficient (Wildman–Crippen LogP) is 0.939. The van der Waals surface area contributed by atoms with Crippen LogP contribution in [0.2, 0.25) is 0 Å². The normalized spacial score (nSPS) is 26.8. The molecule has 3 atom stereocenters. The molecule has 7 heteroatoms. The van der Waals surface area contributed by atoms with Gasteiger partial charge in [-0.2, -0.15) is 0 Å². The lowest BCUT2D eigenvalue weighted by molar-refractivity contribution is -0.922. The van der Waals surface area contributed by atoms with Crippen molar-refractivity contribution >= 4 is 39.4 Å². The third-order valence-corrected chi connectivity index (χ3v) is 5.43. The summed E-state index contributed by atoms with van der Waals surface area (Å²) in [4.78, 5) is 39.6. The lowest BCUT2D eigenvalue weighted by Crippen LogP contribution is -3.18. The molecule has 2 aliphatic rings. The van der Waals surface area contributed by atoms with Crippen LogP contribution in [-0.2, 0) is 19.1 Å². The van der Waals surface area contributed by atoms with Crippen LogP contribution >= 0.6 is 15.9 Å². The molecule has 2 saturated heterocycles. The van der Waals surface area contributed by atoms with Crippen molar-refractivity contribution in [2.75, 3.05) is 24.6 Å². The molecule has 0 aliphatic carbocycles. The number of carbonyl (C=O) groups is 3. The second-order valence-corrected chi connectivity index (χ2v) is 7.42. The highest BCUT2D eigenvalue weighted by molar-refractivity contribution is 9.10. The predicted molar refractivity (Wildman–Crippen MR) is 95.1 cm³/mol. The summed E-state index contributed by atoms with van der Waals surface area (Å²) < 4.78 is 6.02. The van der Waals surface area contributed by atoms with Crippen molar-refractivity contribution in [1.29, 1.82) is 0 Å². The maximum absolute atomic E-state index is 12.9. The standard InChI is InChI=1S/C18H21BrN2O4/c1-2-25-18(24)12-4-3-9-20(11-12)15-10-16(22)21(17(15)23)14-7-5-13(19)6-8-14/h5-8,12,15H,2-4,9-11H2,1H3/p+1/t12-,15-/m1/s1. The maximum atomic E-state index is 12.9. The number of halogens is 1. The van der Waals surface area contributed by atoms with Gasteiger partial charge in [-0.1, -0.05) is 15.9 Å². The molecule has 0 bridgehead atoms. The minimum absolute atomic E-state index is 0.174. The van der Waals surface area contributed by atoms with Crippen LogP contribution in [0.15, 0.2) is 28.7 Å². The van der Waals surface area contributed by atoms with Crippen molar-refractivity contribution in [3.05, 3.63) is 28.7 Å². The molecule has 2 heterocycles. The summed E-state index contributed by atoms with van der Waals surface area (Å²) in [5.74, 6) is -0.732. The molecule has 3 rings (SSSR count). The Morgan fingerprint density at radius 2 is 2.04 bits per heavy atom. The number of benzene rings is 1. The maximum Gasteiger partial charge on any atom is 0.314 e. The van der Waals surface area contributed by atoms with Gasteiger partial charge in [-0.25, -0.2) is 4.90 Å². The number of rotatable bonds is 4. The number of quaternary nitrogens is 1. The van der Waals surface area contributed by atoms with E-state index in [2.05, 4.69) is 15.9 Å². The topological polar surface area (TPSA) is 68.1 Å². The number of nitrogens with one attached hydrogen (secondary N) is 1. The number of nitrogens with zero attached hydrogens (tertiary/aromatic N) is 1.